The largest absolute Gasteiger partial charge is 0.381 e. The molecule has 1 aliphatic heterocycles. The molecule has 4 heteroatoms. The molecule has 0 unspecified atom stereocenters. The van der Waals surface area contributed by atoms with Gasteiger partial charge in [0.15, 0.2) is 5.96 Å². The highest BCUT2D eigenvalue weighted by Crippen LogP contribution is 2.37. The number of hydrogen-bond acceptors (Lipinski definition) is 2. The van der Waals surface area contributed by atoms with Crippen LogP contribution in [0.2, 0.25) is 0 Å². The van der Waals surface area contributed by atoms with E-state index in [1.807, 2.05) is 0 Å². The van der Waals surface area contributed by atoms with E-state index >= 15 is 0 Å². The molecule has 3 N–H and O–H groups in total. The Morgan fingerprint density at radius 3 is 2.52 bits per heavy atom. The predicted octanol–water partition coefficient (Wildman–Crippen LogP) is 3.67. The number of nitrogens with two attached hydrogens (primary N) is 1. The van der Waals surface area contributed by atoms with Crippen molar-refractivity contribution in [3.05, 3.63) is 35.4 Å². The first-order chi connectivity index (χ1) is 12.2. The van der Waals surface area contributed by atoms with Crippen LogP contribution in [0, 0.1) is 6.92 Å². The highest BCUT2D eigenvalue weighted by Gasteiger charge is 2.35. The van der Waals surface area contributed by atoms with Gasteiger partial charge in [0.2, 0.25) is 0 Å². The number of aliphatic imine (C=N–C) groups is 1. The first-order valence-electron chi connectivity index (χ1n) is 9.90. The van der Waals surface area contributed by atoms with Crippen molar-refractivity contribution >= 4 is 5.96 Å². The average molecular weight is 344 g/mol. The average Bonchev–Trinajstić information content (AvgIpc) is 2.90. The molecule has 2 aliphatic rings. The van der Waals surface area contributed by atoms with Crippen molar-refractivity contribution in [1.82, 2.24) is 5.32 Å². The number of benzene rings is 1. The molecule has 0 spiro atoms. The summed E-state index contributed by atoms with van der Waals surface area (Å²) in [7, 11) is 0. The van der Waals surface area contributed by atoms with Crippen molar-refractivity contribution in [2.75, 3.05) is 19.8 Å². The summed E-state index contributed by atoms with van der Waals surface area (Å²) in [6.45, 7) is 4.55. The maximum atomic E-state index is 6.26. The van der Waals surface area contributed by atoms with Gasteiger partial charge in [0.25, 0.3) is 0 Å². The van der Waals surface area contributed by atoms with Gasteiger partial charge in [-0.1, -0.05) is 49.9 Å². The van der Waals surface area contributed by atoms with Crippen molar-refractivity contribution in [2.45, 2.75) is 69.7 Å². The number of nitrogens with zero attached hydrogens (tertiary/aromatic N) is 1. The van der Waals surface area contributed by atoms with Crippen LogP contribution in [-0.2, 0) is 10.2 Å². The minimum atomic E-state index is 0.0549. The molecular formula is C21H33N3O. The molecule has 25 heavy (non-hydrogen) atoms. The summed E-state index contributed by atoms with van der Waals surface area (Å²) in [6, 6.07) is 9.19. The second-order valence-corrected chi connectivity index (χ2v) is 7.74. The summed E-state index contributed by atoms with van der Waals surface area (Å²) < 4.78 is 5.63. The molecule has 0 amide bonds. The maximum absolute atomic E-state index is 6.26. The quantitative estimate of drug-likeness (QED) is 0.498. The van der Waals surface area contributed by atoms with E-state index in [2.05, 4.69) is 36.5 Å². The Balaban J connectivity index is 1.71. The standard InChI is InChI=1S/C21H33N3O/c1-17-8-6-7-11-19(17)21(12-14-25-15-13-21)16-23-20(22)24-18-9-4-2-3-5-10-18/h6-8,11,18H,2-5,9-10,12-16H2,1H3,(H3,22,23,24). The lowest BCUT2D eigenvalue weighted by molar-refractivity contribution is 0.0529. The molecule has 1 aromatic rings. The number of rotatable bonds is 4. The summed E-state index contributed by atoms with van der Waals surface area (Å²) >= 11 is 0. The Kier molecular flexibility index (Phi) is 6.35. The van der Waals surface area contributed by atoms with Gasteiger partial charge < -0.3 is 15.8 Å². The fourth-order valence-electron chi connectivity index (χ4n) is 4.36. The van der Waals surface area contributed by atoms with Crippen LogP contribution < -0.4 is 11.1 Å². The smallest absolute Gasteiger partial charge is 0.188 e. The van der Waals surface area contributed by atoms with Gasteiger partial charge in [0, 0.05) is 24.7 Å². The number of aryl methyl sites for hydroxylation is 1. The van der Waals surface area contributed by atoms with E-state index in [0.717, 1.165) is 32.6 Å². The van der Waals surface area contributed by atoms with Gasteiger partial charge in [-0.2, -0.15) is 0 Å². The first kappa shape index (κ1) is 18.2. The Bertz CT molecular complexity index is 570. The van der Waals surface area contributed by atoms with Gasteiger partial charge in [-0.05, 0) is 43.7 Å². The summed E-state index contributed by atoms with van der Waals surface area (Å²) in [5, 5.41) is 3.48. The molecule has 1 saturated heterocycles. The van der Waals surface area contributed by atoms with Gasteiger partial charge in [0.05, 0.1) is 6.54 Å². The lowest BCUT2D eigenvalue weighted by Gasteiger charge is -2.37. The Morgan fingerprint density at radius 1 is 1.16 bits per heavy atom. The Hall–Kier alpha value is -1.55. The number of hydrogen-bond donors (Lipinski definition) is 2. The third kappa shape index (κ3) is 4.75. The molecule has 4 nitrogen and oxygen atoms in total. The zero-order chi connectivity index (χ0) is 17.5. The maximum Gasteiger partial charge on any atom is 0.188 e. The van der Waals surface area contributed by atoms with Crippen LogP contribution in [0.25, 0.3) is 0 Å². The van der Waals surface area contributed by atoms with Crippen LogP contribution in [0.5, 0.6) is 0 Å². The zero-order valence-electron chi connectivity index (χ0n) is 15.6. The summed E-state index contributed by atoms with van der Waals surface area (Å²) in [4.78, 5) is 4.79. The van der Waals surface area contributed by atoms with Gasteiger partial charge in [-0.3, -0.25) is 4.99 Å². The highest BCUT2D eigenvalue weighted by molar-refractivity contribution is 5.78. The number of nitrogens with one attached hydrogen (secondary N) is 1. The molecule has 3 rings (SSSR count). The van der Waals surface area contributed by atoms with Gasteiger partial charge in [0.1, 0.15) is 0 Å². The Morgan fingerprint density at radius 2 is 1.84 bits per heavy atom. The van der Waals surface area contributed by atoms with E-state index < -0.39 is 0 Å². The summed E-state index contributed by atoms with van der Waals surface area (Å²) in [5.74, 6) is 0.617. The molecule has 0 atom stereocenters. The van der Waals surface area contributed by atoms with Crippen LogP contribution in [0.1, 0.15) is 62.5 Å². The van der Waals surface area contributed by atoms with Crippen LogP contribution in [0.3, 0.4) is 0 Å². The summed E-state index contributed by atoms with van der Waals surface area (Å²) in [5.41, 5.74) is 9.06. The second-order valence-electron chi connectivity index (χ2n) is 7.74. The van der Waals surface area contributed by atoms with E-state index in [4.69, 9.17) is 15.5 Å². The molecular weight excluding hydrogens is 310 g/mol. The zero-order valence-corrected chi connectivity index (χ0v) is 15.6. The topological polar surface area (TPSA) is 59.6 Å². The van der Waals surface area contributed by atoms with Crippen molar-refractivity contribution in [2.24, 2.45) is 10.7 Å². The van der Waals surface area contributed by atoms with Crippen LogP contribution in [0.4, 0.5) is 0 Å². The molecule has 2 fully saturated rings. The first-order valence-corrected chi connectivity index (χ1v) is 9.90. The molecule has 0 aromatic heterocycles. The Labute approximate surface area is 152 Å². The van der Waals surface area contributed by atoms with Crippen molar-refractivity contribution in [3.63, 3.8) is 0 Å². The minimum Gasteiger partial charge on any atom is -0.381 e. The van der Waals surface area contributed by atoms with Gasteiger partial charge >= 0.3 is 0 Å². The van der Waals surface area contributed by atoms with Crippen molar-refractivity contribution in [1.29, 1.82) is 0 Å². The summed E-state index contributed by atoms with van der Waals surface area (Å²) in [6.07, 6.45) is 9.76. The molecule has 1 saturated carbocycles. The predicted molar refractivity (Wildman–Crippen MR) is 104 cm³/mol. The van der Waals surface area contributed by atoms with E-state index in [1.165, 1.54) is 49.7 Å². The number of guanidine groups is 1. The fraction of sp³-hybridized carbons (Fsp3) is 0.667. The lowest BCUT2D eigenvalue weighted by Crippen LogP contribution is -2.42. The van der Waals surface area contributed by atoms with E-state index in [0.29, 0.717) is 12.0 Å². The molecule has 1 heterocycles. The molecule has 0 bridgehead atoms. The third-order valence-corrected chi connectivity index (χ3v) is 5.93. The van der Waals surface area contributed by atoms with Crippen LogP contribution >= 0.6 is 0 Å². The highest BCUT2D eigenvalue weighted by atomic mass is 16.5. The fourth-order valence-corrected chi connectivity index (χ4v) is 4.36. The van der Waals surface area contributed by atoms with Crippen molar-refractivity contribution in [3.8, 4) is 0 Å². The monoisotopic (exact) mass is 343 g/mol. The van der Waals surface area contributed by atoms with E-state index in [9.17, 15) is 0 Å². The van der Waals surface area contributed by atoms with Gasteiger partial charge in [-0.25, -0.2) is 0 Å². The lowest BCUT2D eigenvalue weighted by atomic mass is 9.72. The molecule has 0 radical (unpaired) electrons. The van der Waals surface area contributed by atoms with Crippen molar-refractivity contribution < 1.29 is 4.74 Å². The normalized spacial score (nSPS) is 22.4. The minimum absolute atomic E-state index is 0.0549. The SMILES string of the molecule is Cc1ccccc1C1(CN=C(N)NC2CCCCCC2)CCOCC1. The van der Waals surface area contributed by atoms with Gasteiger partial charge in [-0.15, -0.1) is 0 Å². The van der Waals surface area contributed by atoms with Crippen LogP contribution in [0.15, 0.2) is 29.3 Å². The van der Waals surface area contributed by atoms with Crippen LogP contribution in [-0.4, -0.2) is 31.8 Å². The molecule has 138 valence electrons. The number of ether oxygens (including phenoxy) is 1. The van der Waals surface area contributed by atoms with E-state index in [-0.39, 0.29) is 5.41 Å². The molecule has 1 aromatic carbocycles. The second kappa shape index (κ2) is 8.70. The molecule has 1 aliphatic carbocycles. The third-order valence-electron chi connectivity index (χ3n) is 5.93. The van der Waals surface area contributed by atoms with E-state index in [1.54, 1.807) is 0 Å².